The smallest absolute Gasteiger partial charge is 0.286 e. The van der Waals surface area contributed by atoms with Crippen LogP contribution in [0.25, 0.3) is 6.08 Å². The lowest BCUT2D eigenvalue weighted by molar-refractivity contribution is -0.113. The second kappa shape index (κ2) is 6.65. The van der Waals surface area contributed by atoms with Crippen LogP contribution in [0.3, 0.4) is 0 Å². The van der Waals surface area contributed by atoms with Crippen molar-refractivity contribution in [2.75, 3.05) is 19.7 Å². The van der Waals surface area contributed by atoms with Gasteiger partial charge in [0.2, 0.25) is 0 Å². The SMILES string of the molecule is O=C1N=C(N2CCCCC2)SC1=CC1=Cc2cc(Cl)ccc2OC1. The molecule has 6 heteroatoms. The van der Waals surface area contributed by atoms with Crippen LogP contribution in [0.4, 0.5) is 0 Å². The third-order valence-electron chi connectivity index (χ3n) is 4.26. The van der Waals surface area contributed by atoms with Gasteiger partial charge in [-0.2, -0.15) is 4.99 Å². The topological polar surface area (TPSA) is 41.9 Å². The number of fused-ring (bicyclic) bond motifs is 1. The lowest BCUT2D eigenvalue weighted by Crippen LogP contribution is -2.33. The van der Waals surface area contributed by atoms with E-state index >= 15 is 0 Å². The van der Waals surface area contributed by atoms with Gasteiger partial charge in [-0.3, -0.25) is 4.79 Å². The molecule has 1 aromatic carbocycles. The molecule has 0 atom stereocenters. The summed E-state index contributed by atoms with van der Waals surface area (Å²) >= 11 is 7.51. The normalized spacial score (nSPS) is 22.1. The van der Waals surface area contributed by atoms with Crippen LogP contribution in [0.5, 0.6) is 5.75 Å². The number of carbonyl (C=O) groups excluding carboxylic acids is 1. The van der Waals surface area contributed by atoms with E-state index in [2.05, 4.69) is 9.89 Å². The molecule has 0 spiro atoms. The number of aliphatic imine (C=N–C) groups is 1. The van der Waals surface area contributed by atoms with Crippen LogP contribution in [0.1, 0.15) is 24.8 Å². The number of piperidine rings is 1. The summed E-state index contributed by atoms with van der Waals surface area (Å²) in [7, 11) is 0. The number of amidine groups is 1. The van der Waals surface area contributed by atoms with Crippen molar-refractivity contribution in [3.63, 3.8) is 0 Å². The monoisotopic (exact) mass is 360 g/mol. The Morgan fingerprint density at radius 3 is 2.92 bits per heavy atom. The minimum absolute atomic E-state index is 0.154. The van der Waals surface area contributed by atoms with Crippen LogP contribution in [-0.2, 0) is 4.79 Å². The first-order valence-corrected chi connectivity index (χ1v) is 9.29. The molecule has 0 aliphatic carbocycles. The fraction of sp³-hybridized carbons (Fsp3) is 0.333. The molecule has 124 valence electrons. The van der Waals surface area contributed by atoms with E-state index in [-0.39, 0.29) is 5.91 Å². The molecule has 4 rings (SSSR count). The maximum Gasteiger partial charge on any atom is 0.286 e. The Morgan fingerprint density at radius 2 is 2.08 bits per heavy atom. The molecule has 0 unspecified atom stereocenters. The molecule has 3 heterocycles. The molecule has 0 N–H and O–H groups in total. The summed E-state index contributed by atoms with van der Waals surface area (Å²) in [5.41, 5.74) is 1.89. The number of likely N-dealkylation sites (tertiary alicyclic amines) is 1. The molecule has 0 bridgehead atoms. The lowest BCUT2D eigenvalue weighted by atomic mass is 10.1. The van der Waals surface area contributed by atoms with Crippen LogP contribution in [-0.4, -0.2) is 35.7 Å². The van der Waals surface area contributed by atoms with Crippen molar-refractivity contribution in [2.45, 2.75) is 19.3 Å². The third-order valence-corrected chi connectivity index (χ3v) is 5.54. The summed E-state index contributed by atoms with van der Waals surface area (Å²) in [6.45, 7) is 2.43. The summed E-state index contributed by atoms with van der Waals surface area (Å²) < 4.78 is 5.74. The number of halogens is 1. The summed E-state index contributed by atoms with van der Waals surface area (Å²) in [4.78, 5) is 19.3. The van der Waals surface area contributed by atoms with Crippen molar-refractivity contribution in [1.82, 2.24) is 4.90 Å². The number of carbonyl (C=O) groups is 1. The number of ether oxygens (including phenoxy) is 1. The first-order chi connectivity index (χ1) is 11.7. The Hall–Kier alpha value is -1.72. The fourth-order valence-corrected chi connectivity index (χ4v) is 4.20. The highest BCUT2D eigenvalue weighted by molar-refractivity contribution is 8.18. The van der Waals surface area contributed by atoms with Crippen LogP contribution in [0.15, 0.2) is 39.7 Å². The van der Waals surface area contributed by atoms with E-state index in [1.165, 1.54) is 31.0 Å². The molecule has 3 aliphatic rings. The largest absolute Gasteiger partial charge is 0.488 e. The summed E-state index contributed by atoms with van der Waals surface area (Å²) in [6.07, 6.45) is 7.51. The number of hydrogen-bond acceptors (Lipinski definition) is 4. The average molecular weight is 361 g/mol. The Morgan fingerprint density at radius 1 is 1.25 bits per heavy atom. The number of rotatable bonds is 1. The maximum atomic E-state index is 12.2. The summed E-state index contributed by atoms with van der Waals surface area (Å²) in [5, 5.41) is 1.51. The van der Waals surface area contributed by atoms with E-state index in [1.807, 2.05) is 30.4 Å². The van der Waals surface area contributed by atoms with Gasteiger partial charge in [0.1, 0.15) is 12.4 Å². The Kier molecular flexibility index (Phi) is 4.37. The van der Waals surface area contributed by atoms with E-state index in [9.17, 15) is 4.79 Å². The molecule has 1 aromatic rings. The predicted octanol–water partition coefficient (Wildman–Crippen LogP) is 4.12. The number of benzene rings is 1. The predicted molar refractivity (Wildman–Crippen MR) is 98.5 cm³/mol. The molecule has 1 saturated heterocycles. The van der Waals surface area contributed by atoms with Crippen LogP contribution >= 0.6 is 23.4 Å². The van der Waals surface area contributed by atoms with E-state index in [0.29, 0.717) is 16.5 Å². The molecular weight excluding hydrogens is 344 g/mol. The molecule has 0 saturated carbocycles. The van der Waals surface area contributed by atoms with Gasteiger partial charge in [0, 0.05) is 23.7 Å². The van der Waals surface area contributed by atoms with Crippen LogP contribution < -0.4 is 4.74 Å². The molecule has 4 nitrogen and oxygen atoms in total. The molecule has 0 radical (unpaired) electrons. The van der Waals surface area contributed by atoms with Crippen molar-refractivity contribution in [1.29, 1.82) is 0 Å². The van der Waals surface area contributed by atoms with Crippen LogP contribution in [0, 0.1) is 0 Å². The third kappa shape index (κ3) is 3.23. The maximum absolute atomic E-state index is 12.2. The van der Waals surface area contributed by atoms with Gasteiger partial charge in [-0.25, -0.2) is 0 Å². The minimum atomic E-state index is -0.154. The van der Waals surface area contributed by atoms with Crippen molar-refractivity contribution in [3.05, 3.63) is 45.3 Å². The van der Waals surface area contributed by atoms with E-state index in [4.69, 9.17) is 16.3 Å². The molecular formula is C18H17ClN2O2S. The Balaban J connectivity index is 1.53. The zero-order valence-corrected chi connectivity index (χ0v) is 14.7. The zero-order chi connectivity index (χ0) is 16.5. The molecule has 1 amide bonds. The average Bonchev–Trinajstić information content (AvgIpc) is 2.96. The quantitative estimate of drug-likeness (QED) is 0.706. The lowest BCUT2D eigenvalue weighted by Gasteiger charge is -2.27. The minimum Gasteiger partial charge on any atom is -0.488 e. The van der Waals surface area contributed by atoms with Gasteiger partial charge >= 0.3 is 0 Å². The van der Waals surface area contributed by atoms with Crippen molar-refractivity contribution in [3.8, 4) is 5.75 Å². The standard InChI is InChI=1S/C18H17ClN2O2S/c19-14-4-5-15-13(10-14)8-12(11-23-15)9-16-17(22)20-18(24-16)21-6-2-1-3-7-21/h4-5,8-10H,1-3,6-7,11H2. The van der Waals surface area contributed by atoms with Crippen molar-refractivity contribution < 1.29 is 9.53 Å². The van der Waals surface area contributed by atoms with Gasteiger partial charge < -0.3 is 9.64 Å². The molecule has 1 fully saturated rings. The van der Waals surface area contributed by atoms with Gasteiger partial charge in [0.15, 0.2) is 5.17 Å². The van der Waals surface area contributed by atoms with E-state index in [0.717, 1.165) is 35.1 Å². The number of hydrogen-bond donors (Lipinski definition) is 0. The number of nitrogens with zero attached hydrogens (tertiary/aromatic N) is 2. The van der Waals surface area contributed by atoms with Crippen molar-refractivity contribution >= 4 is 40.5 Å². The zero-order valence-electron chi connectivity index (χ0n) is 13.1. The van der Waals surface area contributed by atoms with Gasteiger partial charge in [-0.1, -0.05) is 11.6 Å². The molecule has 0 aromatic heterocycles. The number of amides is 1. The summed E-state index contributed by atoms with van der Waals surface area (Å²) in [6, 6.07) is 5.55. The van der Waals surface area contributed by atoms with Crippen LogP contribution in [0.2, 0.25) is 5.02 Å². The van der Waals surface area contributed by atoms with E-state index in [1.54, 1.807) is 0 Å². The molecule has 24 heavy (non-hydrogen) atoms. The highest BCUT2D eigenvalue weighted by Crippen LogP contribution is 2.33. The second-order valence-electron chi connectivity index (χ2n) is 6.05. The second-order valence-corrected chi connectivity index (χ2v) is 7.49. The van der Waals surface area contributed by atoms with Gasteiger partial charge in [0.05, 0.1) is 4.91 Å². The number of thioether (sulfide) groups is 1. The Bertz CT molecular complexity index is 779. The fourth-order valence-electron chi connectivity index (χ4n) is 3.04. The van der Waals surface area contributed by atoms with E-state index < -0.39 is 0 Å². The van der Waals surface area contributed by atoms with Gasteiger partial charge in [0.25, 0.3) is 5.91 Å². The van der Waals surface area contributed by atoms with Crippen molar-refractivity contribution in [2.24, 2.45) is 4.99 Å². The first-order valence-electron chi connectivity index (χ1n) is 8.09. The highest BCUT2D eigenvalue weighted by atomic mass is 35.5. The Labute approximate surface area is 150 Å². The van der Waals surface area contributed by atoms with Gasteiger partial charge in [-0.15, -0.1) is 0 Å². The first kappa shape index (κ1) is 15.8. The highest BCUT2D eigenvalue weighted by Gasteiger charge is 2.27. The van der Waals surface area contributed by atoms with Gasteiger partial charge in [-0.05, 0) is 66.9 Å². The molecule has 3 aliphatic heterocycles. The summed E-state index contributed by atoms with van der Waals surface area (Å²) in [5.74, 6) is 0.663.